The van der Waals surface area contributed by atoms with Crippen LogP contribution in [0.1, 0.15) is 24.0 Å². The molecule has 13 heteroatoms. The molecule has 1 atom stereocenters. The van der Waals surface area contributed by atoms with Crippen LogP contribution >= 0.6 is 0 Å². The predicted octanol–water partition coefficient (Wildman–Crippen LogP) is 6.21. The topological polar surface area (TPSA) is 83.9 Å². The number of alkyl halides is 6. The number of fused-ring (bicyclic) bond motifs is 1. The molecule has 0 aromatic heterocycles. The lowest BCUT2D eigenvalue weighted by Gasteiger charge is -2.36. The normalized spacial score (nSPS) is 16.1. The molecule has 0 saturated heterocycles. The van der Waals surface area contributed by atoms with Gasteiger partial charge < -0.3 is 9.84 Å². The van der Waals surface area contributed by atoms with Gasteiger partial charge in [0.25, 0.3) is 10.0 Å². The van der Waals surface area contributed by atoms with E-state index < -0.39 is 57.0 Å². The highest BCUT2D eigenvalue weighted by atomic mass is 32.2. The number of carbonyl (C=O) groups is 1. The molecule has 0 spiro atoms. The lowest BCUT2D eigenvalue weighted by atomic mass is 9.98. The summed E-state index contributed by atoms with van der Waals surface area (Å²) in [6.07, 6.45) is -11.0. The molecule has 0 saturated carbocycles. The molecule has 1 N–H and O–H groups in total. The number of carboxylic acids is 1. The second-order valence-corrected chi connectivity index (χ2v) is 10.3. The molecular weight excluding hydrogens is 540 g/mol. The number of hydrogen-bond donors (Lipinski definition) is 1. The summed E-state index contributed by atoms with van der Waals surface area (Å²) in [5.41, 5.74) is -2.62. The van der Waals surface area contributed by atoms with Gasteiger partial charge in [-0.25, -0.2) is 8.42 Å². The van der Waals surface area contributed by atoms with Crippen LogP contribution in [0.5, 0.6) is 5.75 Å². The molecule has 0 fully saturated rings. The molecule has 202 valence electrons. The fraction of sp³-hybridized carbons (Fsp3) is 0.240. The summed E-state index contributed by atoms with van der Waals surface area (Å²) in [6.45, 7) is -0.469. The first kappa shape index (κ1) is 27.3. The lowest BCUT2D eigenvalue weighted by Crippen LogP contribution is -2.43. The zero-order valence-electron chi connectivity index (χ0n) is 19.3. The van der Waals surface area contributed by atoms with Gasteiger partial charge in [0.05, 0.1) is 28.3 Å². The van der Waals surface area contributed by atoms with E-state index in [0.29, 0.717) is 12.1 Å². The third-order valence-corrected chi connectivity index (χ3v) is 7.64. The van der Waals surface area contributed by atoms with Crippen LogP contribution in [0.3, 0.4) is 0 Å². The standard InChI is InChI=1S/C25H19F6NO5S/c26-24(27,28)16-4-3-5-18(13-16)38(35,36)32-14-17(9-11-23(33)34)37-22-10-8-15(12-21(22)32)19-6-1-2-7-20(19)25(29,30)31/h1-8,10,12-13,17H,9,11,14H2,(H,33,34). The van der Waals surface area contributed by atoms with Gasteiger partial charge in [0, 0.05) is 6.42 Å². The number of aliphatic carboxylic acids is 1. The molecule has 4 rings (SSSR count). The monoisotopic (exact) mass is 559 g/mol. The van der Waals surface area contributed by atoms with Gasteiger partial charge in [0.2, 0.25) is 0 Å². The van der Waals surface area contributed by atoms with Crippen molar-refractivity contribution in [3.8, 4) is 16.9 Å². The van der Waals surface area contributed by atoms with Crippen LogP contribution in [0, 0.1) is 0 Å². The number of anilines is 1. The molecule has 1 aliphatic rings. The number of hydrogen-bond acceptors (Lipinski definition) is 4. The number of carboxylic acid groups (broad SMARTS) is 1. The van der Waals surface area contributed by atoms with Gasteiger partial charge in [0.1, 0.15) is 11.9 Å². The Bertz CT molecular complexity index is 1470. The molecule has 0 bridgehead atoms. The number of nitrogens with zero attached hydrogens (tertiary/aromatic N) is 1. The summed E-state index contributed by atoms with van der Waals surface area (Å²) in [7, 11) is -4.68. The van der Waals surface area contributed by atoms with Crippen molar-refractivity contribution in [2.75, 3.05) is 10.8 Å². The minimum atomic E-state index is -4.83. The van der Waals surface area contributed by atoms with Gasteiger partial charge in [-0.15, -0.1) is 0 Å². The van der Waals surface area contributed by atoms with Crippen molar-refractivity contribution < 1.29 is 49.4 Å². The fourth-order valence-electron chi connectivity index (χ4n) is 4.08. The minimum Gasteiger partial charge on any atom is -0.486 e. The minimum absolute atomic E-state index is 0.00602. The summed E-state index contributed by atoms with van der Waals surface area (Å²) in [4.78, 5) is 10.4. The van der Waals surface area contributed by atoms with Gasteiger partial charge in [0.15, 0.2) is 0 Å². The molecule has 1 heterocycles. The number of rotatable bonds is 6. The van der Waals surface area contributed by atoms with Crippen LogP contribution in [0.2, 0.25) is 0 Å². The van der Waals surface area contributed by atoms with E-state index >= 15 is 0 Å². The third kappa shape index (κ3) is 5.57. The number of benzene rings is 3. The quantitative estimate of drug-likeness (QED) is 0.363. The average Bonchev–Trinajstić information content (AvgIpc) is 2.85. The molecular formula is C25H19F6NO5S. The second kappa shape index (κ2) is 9.86. The van der Waals surface area contributed by atoms with Crippen molar-refractivity contribution in [1.82, 2.24) is 0 Å². The average molecular weight is 559 g/mol. The van der Waals surface area contributed by atoms with E-state index in [0.717, 1.165) is 28.6 Å². The van der Waals surface area contributed by atoms with Crippen molar-refractivity contribution >= 4 is 21.7 Å². The van der Waals surface area contributed by atoms with Gasteiger partial charge in [-0.2, -0.15) is 26.3 Å². The van der Waals surface area contributed by atoms with Crippen LogP contribution < -0.4 is 9.04 Å². The van der Waals surface area contributed by atoms with Crippen LogP contribution in [0.25, 0.3) is 11.1 Å². The Morgan fingerprint density at radius 1 is 0.947 bits per heavy atom. The van der Waals surface area contributed by atoms with Crippen LogP contribution in [-0.2, 0) is 27.2 Å². The van der Waals surface area contributed by atoms with Gasteiger partial charge in [-0.3, -0.25) is 9.10 Å². The highest BCUT2D eigenvalue weighted by Crippen LogP contribution is 2.43. The molecule has 6 nitrogen and oxygen atoms in total. The number of halogens is 6. The molecule has 38 heavy (non-hydrogen) atoms. The summed E-state index contributed by atoms with van der Waals surface area (Å²) in [5.74, 6) is -1.25. The van der Waals surface area contributed by atoms with E-state index in [1.54, 1.807) is 0 Å². The SMILES string of the molecule is O=C(O)CCC1CN(S(=O)(=O)c2cccc(C(F)(F)F)c2)c2cc(-c3ccccc3C(F)(F)F)ccc2O1. The zero-order chi connectivity index (χ0) is 27.9. The van der Waals surface area contributed by atoms with Crippen molar-refractivity contribution in [2.24, 2.45) is 0 Å². The Hall–Kier alpha value is -3.74. The van der Waals surface area contributed by atoms with E-state index in [4.69, 9.17) is 9.84 Å². The highest BCUT2D eigenvalue weighted by molar-refractivity contribution is 7.92. The second-order valence-electron chi connectivity index (χ2n) is 8.46. The lowest BCUT2D eigenvalue weighted by molar-refractivity contribution is -0.138. The summed E-state index contributed by atoms with van der Waals surface area (Å²) < 4.78 is 114. The van der Waals surface area contributed by atoms with E-state index in [-0.39, 0.29) is 35.4 Å². The van der Waals surface area contributed by atoms with Crippen molar-refractivity contribution in [3.05, 3.63) is 77.9 Å². The summed E-state index contributed by atoms with van der Waals surface area (Å²) in [6, 6.07) is 11.4. The molecule has 0 radical (unpaired) electrons. The summed E-state index contributed by atoms with van der Waals surface area (Å²) in [5, 5.41) is 9.02. The zero-order valence-corrected chi connectivity index (χ0v) is 20.1. The van der Waals surface area contributed by atoms with Crippen molar-refractivity contribution in [3.63, 3.8) is 0 Å². The smallest absolute Gasteiger partial charge is 0.417 e. The van der Waals surface area contributed by atoms with E-state index in [2.05, 4.69) is 0 Å². The van der Waals surface area contributed by atoms with E-state index in [1.165, 1.54) is 30.3 Å². The molecule has 0 amide bonds. The first-order valence-electron chi connectivity index (χ1n) is 11.1. The van der Waals surface area contributed by atoms with Crippen LogP contribution in [0.15, 0.2) is 71.6 Å². The van der Waals surface area contributed by atoms with E-state index in [9.17, 15) is 39.6 Å². The Balaban J connectivity index is 1.85. The molecule has 3 aromatic rings. The molecule has 0 aliphatic carbocycles. The maximum absolute atomic E-state index is 13.6. The first-order chi connectivity index (χ1) is 17.7. The number of ether oxygens (including phenoxy) is 1. The highest BCUT2D eigenvalue weighted by Gasteiger charge is 2.38. The van der Waals surface area contributed by atoms with Crippen molar-refractivity contribution in [1.29, 1.82) is 0 Å². The van der Waals surface area contributed by atoms with E-state index in [1.807, 2.05) is 0 Å². The predicted molar refractivity (Wildman–Crippen MR) is 124 cm³/mol. The Morgan fingerprint density at radius 2 is 1.66 bits per heavy atom. The Labute approximate surface area is 213 Å². The molecule has 3 aromatic carbocycles. The Kier molecular flexibility index (Phi) is 7.08. The first-order valence-corrected chi connectivity index (χ1v) is 12.5. The van der Waals surface area contributed by atoms with Gasteiger partial charge in [-0.1, -0.05) is 30.3 Å². The third-order valence-electron chi connectivity index (χ3n) is 5.86. The number of sulfonamides is 1. The maximum atomic E-state index is 13.6. The molecule has 1 aliphatic heterocycles. The van der Waals surface area contributed by atoms with Crippen molar-refractivity contribution in [2.45, 2.75) is 36.2 Å². The fourth-order valence-corrected chi connectivity index (χ4v) is 5.63. The maximum Gasteiger partial charge on any atom is 0.417 e. The summed E-state index contributed by atoms with van der Waals surface area (Å²) >= 11 is 0. The Morgan fingerprint density at radius 3 is 2.32 bits per heavy atom. The largest absolute Gasteiger partial charge is 0.486 e. The molecule has 1 unspecified atom stereocenters. The van der Waals surface area contributed by atoms with Gasteiger partial charge >= 0.3 is 18.3 Å². The van der Waals surface area contributed by atoms with Crippen LogP contribution in [-0.4, -0.2) is 32.1 Å². The van der Waals surface area contributed by atoms with Crippen LogP contribution in [0.4, 0.5) is 32.0 Å². The van der Waals surface area contributed by atoms with Gasteiger partial charge in [-0.05, 0) is 53.9 Å².